The highest BCUT2D eigenvalue weighted by Gasteiger charge is 2.19. The highest BCUT2D eigenvalue weighted by atomic mass is 32.2. The van der Waals surface area contributed by atoms with E-state index >= 15 is 0 Å². The van der Waals surface area contributed by atoms with E-state index in [1.54, 1.807) is 11.3 Å². The summed E-state index contributed by atoms with van der Waals surface area (Å²) in [6.45, 7) is 7.94. The Bertz CT molecular complexity index is 965. The van der Waals surface area contributed by atoms with Crippen molar-refractivity contribution in [1.82, 2.24) is 15.0 Å². The van der Waals surface area contributed by atoms with E-state index in [9.17, 15) is 4.79 Å². The Hall–Kier alpha value is -2.25. The van der Waals surface area contributed by atoms with Gasteiger partial charge in [0.1, 0.15) is 10.9 Å². The van der Waals surface area contributed by atoms with Gasteiger partial charge in [-0.1, -0.05) is 26.0 Å². The second-order valence-corrected chi connectivity index (χ2v) is 8.35. The smallest absolute Gasteiger partial charge is 0.260 e. The van der Waals surface area contributed by atoms with E-state index < -0.39 is 0 Å². The molecule has 3 aromatic rings. The molecule has 0 aliphatic carbocycles. The van der Waals surface area contributed by atoms with E-state index in [4.69, 9.17) is 0 Å². The predicted octanol–water partition coefficient (Wildman–Crippen LogP) is 5.31. The number of hydrogen-bond acceptors (Lipinski definition) is 6. The number of amides is 1. The fraction of sp³-hybridized carbons (Fsp3) is 0.300. The summed E-state index contributed by atoms with van der Waals surface area (Å²) in [4.78, 5) is 26.4. The number of carbonyl (C=O) groups excluding carboxylic acids is 1. The van der Waals surface area contributed by atoms with Gasteiger partial charge in [0, 0.05) is 22.5 Å². The van der Waals surface area contributed by atoms with Crippen LogP contribution in [0.2, 0.25) is 0 Å². The van der Waals surface area contributed by atoms with Crippen molar-refractivity contribution in [3.63, 3.8) is 0 Å². The molecule has 1 N–H and O–H groups in total. The molecular weight excluding hydrogens is 376 g/mol. The number of aryl methyl sites for hydroxylation is 2. The van der Waals surface area contributed by atoms with Crippen LogP contribution in [0.4, 0.5) is 5.69 Å². The third-order valence-corrected chi connectivity index (χ3v) is 5.52. The number of nitrogens with zero attached hydrogens (tertiary/aromatic N) is 3. The van der Waals surface area contributed by atoms with E-state index in [0.29, 0.717) is 16.3 Å². The molecule has 0 saturated carbocycles. The van der Waals surface area contributed by atoms with Crippen LogP contribution in [-0.4, -0.2) is 27.1 Å². The number of anilines is 1. The third kappa shape index (κ3) is 4.36. The van der Waals surface area contributed by atoms with Crippen molar-refractivity contribution in [2.75, 3.05) is 11.6 Å². The molecule has 0 unspecified atom stereocenters. The molecule has 1 aromatic carbocycles. The standard InChI is InChI=1S/C20H22N4OS2/c1-11(2)18-21-12(3)17(20(24-18)26-5)19(25)23-15-8-6-14(7-9-15)16-10-27-13(4)22-16/h6-11H,1-5H3,(H,23,25). The number of hydrogen-bond donors (Lipinski definition) is 1. The Morgan fingerprint density at radius 2 is 1.81 bits per heavy atom. The minimum Gasteiger partial charge on any atom is -0.322 e. The molecule has 0 saturated heterocycles. The summed E-state index contributed by atoms with van der Waals surface area (Å²) in [5.74, 6) is 0.786. The second-order valence-electron chi connectivity index (χ2n) is 6.49. The molecule has 0 atom stereocenters. The predicted molar refractivity (Wildman–Crippen MR) is 113 cm³/mol. The summed E-state index contributed by atoms with van der Waals surface area (Å²) in [5.41, 5.74) is 3.95. The number of aromatic nitrogens is 3. The summed E-state index contributed by atoms with van der Waals surface area (Å²) in [7, 11) is 0. The van der Waals surface area contributed by atoms with Crippen LogP contribution in [0.15, 0.2) is 34.7 Å². The molecule has 0 bridgehead atoms. The average molecular weight is 399 g/mol. The number of thioether (sulfide) groups is 1. The normalized spacial score (nSPS) is 11.0. The first-order valence-electron chi connectivity index (χ1n) is 8.65. The first-order valence-corrected chi connectivity index (χ1v) is 10.8. The monoisotopic (exact) mass is 398 g/mol. The number of carbonyl (C=O) groups is 1. The van der Waals surface area contributed by atoms with Gasteiger partial charge < -0.3 is 5.32 Å². The third-order valence-electron chi connectivity index (χ3n) is 4.07. The Morgan fingerprint density at radius 1 is 1.11 bits per heavy atom. The van der Waals surface area contributed by atoms with Crippen molar-refractivity contribution < 1.29 is 4.79 Å². The molecule has 0 aliphatic rings. The molecule has 0 fully saturated rings. The number of benzene rings is 1. The molecule has 7 heteroatoms. The quantitative estimate of drug-likeness (QED) is 0.466. The highest BCUT2D eigenvalue weighted by Crippen LogP contribution is 2.26. The van der Waals surface area contributed by atoms with Gasteiger partial charge in [0.05, 0.1) is 22.0 Å². The van der Waals surface area contributed by atoms with Crippen molar-refractivity contribution >= 4 is 34.7 Å². The number of nitrogens with one attached hydrogen (secondary N) is 1. The van der Waals surface area contributed by atoms with Crippen LogP contribution in [0.5, 0.6) is 0 Å². The van der Waals surface area contributed by atoms with E-state index in [1.165, 1.54) is 11.8 Å². The summed E-state index contributed by atoms with van der Waals surface area (Å²) in [6, 6.07) is 7.70. The van der Waals surface area contributed by atoms with Crippen LogP contribution in [0, 0.1) is 13.8 Å². The lowest BCUT2D eigenvalue weighted by Gasteiger charge is -2.13. The maximum Gasteiger partial charge on any atom is 0.260 e. The molecule has 27 heavy (non-hydrogen) atoms. The lowest BCUT2D eigenvalue weighted by atomic mass is 10.1. The van der Waals surface area contributed by atoms with Gasteiger partial charge in [-0.15, -0.1) is 23.1 Å². The van der Waals surface area contributed by atoms with Crippen LogP contribution in [0.1, 0.15) is 46.6 Å². The van der Waals surface area contributed by atoms with Gasteiger partial charge in [-0.2, -0.15) is 0 Å². The summed E-state index contributed by atoms with van der Waals surface area (Å²) < 4.78 is 0. The SMILES string of the molecule is CSc1nc(C(C)C)nc(C)c1C(=O)Nc1ccc(-c2csc(C)n2)cc1. The number of thiazole rings is 1. The van der Waals surface area contributed by atoms with E-state index in [-0.39, 0.29) is 11.8 Å². The zero-order valence-electron chi connectivity index (χ0n) is 16.0. The van der Waals surface area contributed by atoms with Crippen molar-refractivity contribution in [2.45, 2.75) is 38.6 Å². The van der Waals surface area contributed by atoms with Gasteiger partial charge in [0.15, 0.2) is 0 Å². The molecule has 1 amide bonds. The minimum atomic E-state index is -0.190. The van der Waals surface area contributed by atoms with Gasteiger partial charge in [-0.3, -0.25) is 4.79 Å². The summed E-state index contributed by atoms with van der Waals surface area (Å²) in [5, 5.41) is 6.73. The molecule has 5 nitrogen and oxygen atoms in total. The lowest BCUT2D eigenvalue weighted by Crippen LogP contribution is -2.17. The highest BCUT2D eigenvalue weighted by molar-refractivity contribution is 7.98. The van der Waals surface area contributed by atoms with Crippen LogP contribution < -0.4 is 5.32 Å². The van der Waals surface area contributed by atoms with Crippen LogP contribution >= 0.6 is 23.1 Å². The molecule has 2 heterocycles. The van der Waals surface area contributed by atoms with Crippen molar-refractivity contribution in [3.8, 4) is 11.3 Å². The molecule has 0 aliphatic heterocycles. The molecule has 0 radical (unpaired) electrons. The van der Waals surface area contributed by atoms with Crippen LogP contribution in [-0.2, 0) is 0 Å². The van der Waals surface area contributed by atoms with Crippen molar-refractivity contribution in [3.05, 3.63) is 51.7 Å². The van der Waals surface area contributed by atoms with Crippen molar-refractivity contribution in [1.29, 1.82) is 0 Å². The van der Waals surface area contributed by atoms with Gasteiger partial charge in [0.25, 0.3) is 5.91 Å². The first-order chi connectivity index (χ1) is 12.9. The first kappa shape index (κ1) is 19.5. The van der Waals surface area contributed by atoms with E-state index in [1.807, 2.05) is 63.6 Å². The molecule has 140 valence electrons. The Morgan fingerprint density at radius 3 is 2.37 bits per heavy atom. The fourth-order valence-corrected chi connectivity index (χ4v) is 3.90. The Kier molecular flexibility index (Phi) is 5.92. The molecular formula is C20H22N4OS2. The zero-order chi connectivity index (χ0) is 19.6. The van der Waals surface area contributed by atoms with Gasteiger partial charge in [-0.05, 0) is 32.2 Å². The van der Waals surface area contributed by atoms with E-state index in [2.05, 4.69) is 20.3 Å². The van der Waals surface area contributed by atoms with Gasteiger partial charge >= 0.3 is 0 Å². The summed E-state index contributed by atoms with van der Waals surface area (Å²) in [6.07, 6.45) is 1.92. The second kappa shape index (κ2) is 8.19. The van der Waals surface area contributed by atoms with Crippen LogP contribution in [0.3, 0.4) is 0 Å². The maximum absolute atomic E-state index is 12.8. The van der Waals surface area contributed by atoms with Gasteiger partial charge in [0.2, 0.25) is 0 Å². The van der Waals surface area contributed by atoms with Gasteiger partial charge in [-0.25, -0.2) is 15.0 Å². The summed E-state index contributed by atoms with van der Waals surface area (Å²) >= 11 is 3.09. The zero-order valence-corrected chi connectivity index (χ0v) is 17.7. The fourth-order valence-electron chi connectivity index (χ4n) is 2.65. The number of rotatable bonds is 5. The molecule has 0 spiro atoms. The Balaban J connectivity index is 1.83. The van der Waals surface area contributed by atoms with E-state index in [0.717, 1.165) is 27.8 Å². The largest absolute Gasteiger partial charge is 0.322 e. The average Bonchev–Trinajstić information content (AvgIpc) is 3.07. The lowest BCUT2D eigenvalue weighted by molar-refractivity contribution is 0.102. The maximum atomic E-state index is 12.8. The topological polar surface area (TPSA) is 67.8 Å². The van der Waals surface area contributed by atoms with Crippen LogP contribution in [0.25, 0.3) is 11.3 Å². The molecule has 2 aromatic heterocycles. The van der Waals surface area contributed by atoms with Crippen molar-refractivity contribution in [2.24, 2.45) is 0 Å². The molecule has 3 rings (SSSR count). The minimum absolute atomic E-state index is 0.190. The Labute approximate surface area is 167 Å².